The smallest absolute Gasteiger partial charge is 0.306 e. The molecule has 0 aromatic heterocycles. The van der Waals surface area contributed by atoms with Crippen LogP contribution in [0.15, 0.2) is 0 Å². The van der Waals surface area contributed by atoms with E-state index in [1.165, 1.54) is 225 Å². The summed E-state index contributed by atoms with van der Waals surface area (Å²) in [4.78, 5) is 38.2. The van der Waals surface area contributed by atoms with Crippen molar-refractivity contribution in [2.75, 3.05) is 13.2 Å². The van der Waals surface area contributed by atoms with Crippen molar-refractivity contribution in [3.8, 4) is 0 Å². The molecule has 0 aliphatic heterocycles. The molecule has 6 nitrogen and oxygen atoms in total. The monoisotopic (exact) mass is 933 g/mol. The first kappa shape index (κ1) is 64.4. The standard InChI is InChI=1S/C60H116O6/c1-6-8-9-10-11-12-13-14-15-16-17-18-19-20-25-32-37-42-47-52-60(63)66-57(54-65-59(62)51-46-41-36-31-27-26-29-34-39-44-49-56(5)7-2)53-64-58(61)50-45-40-35-30-24-22-21-23-28-33-38-43-48-55(3)4/h55-57H,6-54H2,1-5H3/t56?,57-/m0/s1. The Labute approximate surface area is 412 Å². The highest BCUT2D eigenvalue weighted by Gasteiger charge is 2.19. The average Bonchev–Trinajstić information content (AvgIpc) is 3.30. The van der Waals surface area contributed by atoms with Crippen molar-refractivity contribution in [3.05, 3.63) is 0 Å². The number of ether oxygens (including phenoxy) is 3. The summed E-state index contributed by atoms with van der Waals surface area (Å²) >= 11 is 0. The predicted octanol–water partition coefficient (Wildman–Crippen LogP) is 19.7. The number of rotatable bonds is 54. The lowest BCUT2D eigenvalue weighted by molar-refractivity contribution is -0.167. The van der Waals surface area contributed by atoms with Gasteiger partial charge in [0.25, 0.3) is 0 Å². The van der Waals surface area contributed by atoms with Gasteiger partial charge in [0, 0.05) is 19.3 Å². The zero-order chi connectivity index (χ0) is 48.2. The quantitative estimate of drug-likeness (QED) is 0.0343. The Balaban J connectivity index is 4.29. The van der Waals surface area contributed by atoms with Gasteiger partial charge >= 0.3 is 17.9 Å². The SMILES string of the molecule is CCCCCCCCCCCCCCCCCCCCCC(=O)O[C@@H](COC(=O)CCCCCCCCCCCCCCC(C)C)COC(=O)CCCCCCCCCCCCC(C)CC. The number of hydrogen-bond acceptors (Lipinski definition) is 6. The Bertz CT molecular complexity index is 1010. The van der Waals surface area contributed by atoms with Gasteiger partial charge in [-0.2, -0.15) is 0 Å². The van der Waals surface area contributed by atoms with Crippen molar-refractivity contribution in [3.63, 3.8) is 0 Å². The lowest BCUT2D eigenvalue weighted by atomic mass is 9.99. The Kier molecular flexibility index (Phi) is 51.5. The number of esters is 3. The zero-order valence-corrected chi connectivity index (χ0v) is 45.3. The van der Waals surface area contributed by atoms with Gasteiger partial charge in [-0.3, -0.25) is 14.4 Å². The number of unbranched alkanes of at least 4 members (excludes halogenated alkanes) is 38. The molecule has 0 heterocycles. The van der Waals surface area contributed by atoms with Crippen LogP contribution in [0.1, 0.15) is 336 Å². The Hall–Kier alpha value is -1.59. The molecule has 0 aliphatic rings. The lowest BCUT2D eigenvalue weighted by Crippen LogP contribution is -2.30. The summed E-state index contributed by atoms with van der Waals surface area (Å²) in [6, 6.07) is 0. The van der Waals surface area contributed by atoms with Crippen LogP contribution in [0.25, 0.3) is 0 Å². The molecular weight excluding hydrogens is 817 g/mol. The summed E-state index contributed by atoms with van der Waals surface area (Å²) in [6.45, 7) is 11.4. The molecule has 66 heavy (non-hydrogen) atoms. The van der Waals surface area contributed by atoms with E-state index in [1.54, 1.807) is 0 Å². The highest BCUT2D eigenvalue weighted by atomic mass is 16.6. The van der Waals surface area contributed by atoms with E-state index in [9.17, 15) is 14.4 Å². The molecule has 6 heteroatoms. The van der Waals surface area contributed by atoms with Crippen LogP contribution < -0.4 is 0 Å². The van der Waals surface area contributed by atoms with Crippen molar-refractivity contribution >= 4 is 17.9 Å². The topological polar surface area (TPSA) is 78.9 Å². The van der Waals surface area contributed by atoms with Crippen LogP contribution >= 0.6 is 0 Å². The van der Waals surface area contributed by atoms with Crippen molar-refractivity contribution in [2.24, 2.45) is 11.8 Å². The fraction of sp³-hybridized carbons (Fsp3) is 0.950. The van der Waals surface area contributed by atoms with Crippen molar-refractivity contribution in [1.82, 2.24) is 0 Å². The van der Waals surface area contributed by atoms with E-state index in [2.05, 4.69) is 34.6 Å². The molecule has 0 aliphatic carbocycles. The van der Waals surface area contributed by atoms with Gasteiger partial charge in [-0.15, -0.1) is 0 Å². The molecule has 0 fully saturated rings. The summed E-state index contributed by atoms with van der Waals surface area (Å²) in [5.74, 6) is 0.865. The molecule has 1 unspecified atom stereocenters. The summed E-state index contributed by atoms with van der Waals surface area (Å²) in [5, 5.41) is 0. The molecule has 0 amide bonds. The van der Waals surface area contributed by atoms with Crippen LogP contribution in [0.4, 0.5) is 0 Å². The maximum Gasteiger partial charge on any atom is 0.306 e. The molecule has 0 spiro atoms. The normalized spacial score (nSPS) is 12.5. The van der Waals surface area contributed by atoms with E-state index in [0.29, 0.717) is 19.3 Å². The fourth-order valence-corrected chi connectivity index (χ4v) is 9.20. The van der Waals surface area contributed by atoms with Gasteiger partial charge in [0.1, 0.15) is 13.2 Å². The first-order valence-corrected chi connectivity index (χ1v) is 29.8. The van der Waals surface area contributed by atoms with Crippen LogP contribution in [0.5, 0.6) is 0 Å². The first-order valence-electron chi connectivity index (χ1n) is 29.8. The molecule has 0 saturated heterocycles. The molecular formula is C60H116O6. The third-order valence-corrected chi connectivity index (χ3v) is 14.1. The van der Waals surface area contributed by atoms with Gasteiger partial charge in [-0.25, -0.2) is 0 Å². The molecule has 392 valence electrons. The largest absolute Gasteiger partial charge is 0.462 e. The molecule has 0 radical (unpaired) electrons. The van der Waals surface area contributed by atoms with Gasteiger partial charge in [0.15, 0.2) is 6.10 Å². The molecule has 0 aromatic carbocycles. The molecule has 0 rings (SSSR count). The van der Waals surface area contributed by atoms with Crippen LogP contribution in [-0.2, 0) is 28.6 Å². The van der Waals surface area contributed by atoms with Gasteiger partial charge in [-0.1, -0.05) is 298 Å². The van der Waals surface area contributed by atoms with Crippen LogP contribution in [0.2, 0.25) is 0 Å². The van der Waals surface area contributed by atoms with Crippen LogP contribution in [0.3, 0.4) is 0 Å². The predicted molar refractivity (Wildman–Crippen MR) is 284 cm³/mol. The third kappa shape index (κ3) is 51.8. The van der Waals surface area contributed by atoms with Gasteiger partial charge < -0.3 is 14.2 Å². The van der Waals surface area contributed by atoms with Gasteiger partial charge in [-0.05, 0) is 31.1 Å². The highest BCUT2D eigenvalue weighted by Crippen LogP contribution is 2.19. The Morgan fingerprint density at radius 2 is 0.576 bits per heavy atom. The Morgan fingerprint density at radius 1 is 0.318 bits per heavy atom. The molecule has 2 atom stereocenters. The molecule has 0 N–H and O–H groups in total. The number of hydrogen-bond donors (Lipinski definition) is 0. The third-order valence-electron chi connectivity index (χ3n) is 14.1. The van der Waals surface area contributed by atoms with Crippen molar-refractivity contribution in [1.29, 1.82) is 0 Å². The fourth-order valence-electron chi connectivity index (χ4n) is 9.20. The second kappa shape index (κ2) is 52.8. The first-order chi connectivity index (χ1) is 32.3. The van der Waals surface area contributed by atoms with Crippen LogP contribution in [0, 0.1) is 11.8 Å². The van der Waals surface area contributed by atoms with Crippen molar-refractivity contribution < 1.29 is 28.6 Å². The number of carbonyl (C=O) groups is 3. The van der Waals surface area contributed by atoms with E-state index in [-0.39, 0.29) is 31.1 Å². The van der Waals surface area contributed by atoms with E-state index in [4.69, 9.17) is 14.2 Å². The summed E-state index contributed by atoms with van der Waals surface area (Å²) in [7, 11) is 0. The molecule has 0 aromatic rings. The zero-order valence-electron chi connectivity index (χ0n) is 45.3. The highest BCUT2D eigenvalue weighted by molar-refractivity contribution is 5.71. The van der Waals surface area contributed by atoms with Crippen LogP contribution in [-0.4, -0.2) is 37.2 Å². The van der Waals surface area contributed by atoms with E-state index in [0.717, 1.165) is 69.6 Å². The minimum Gasteiger partial charge on any atom is -0.462 e. The lowest BCUT2D eigenvalue weighted by Gasteiger charge is -2.18. The average molecular weight is 934 g/mol. The molecule has 0 bridgehead atoms. The van der Waals surface area contributed by atoms with E-state index in [1.807, 2.05) is 0 Å². The Morgan fingerprint density at radius 3 is 0.864 bits per heavy atom. The molecule has 0 saturated carbocycles. The maximum absolute atomic E-state index is 12.9. The van der Waals surface area contributed by atoms with E-state index >= 15 is 0 Å². The number of carbonyl (C=O) groups excluding carboxylic acids is 3. The van der Waals surface area contributed by atoms with Gasteiger partial charge in [0.05, 0.1) is 0 Å². The van der Waals surface area contributed by atoms with Crippen molar-refractivity contribution in [2.45, 2.75) is 343 Å². The van der Waals surface area contributed by atoms with E-state index < -0.39 is 6.10 Å². The summed E-state index contributed by atoms with van der Waals surface area (Å²) < 4.78 is 16.9. The summed E-state index contributed by atoms with van der Waals surface area (Å²) in [5.41, 5.74) is 0. The minimum absolute atomic E-state index is 0.0629. The maximum atomic E-state index is 12.9. The minimum atomic E-state index is -0.763. The van der Waals surface area contributed by atoms with Gasteiger partial charge in [0.2, 0.25) is 0 Å². The summed E-state index contributed by atoms with van der Waals surface area (Å²) in [6.07, 6.45) is 56.6. The second-order valence-electron chi connectivity index (χ2n) is 21.4. The second-order valence-corrected chi connectivity index (χ2v) is 21.4.